The van der Waals surface area contributed by atoms with Crippen LogP contribution in [0.3, 0.4) is 0 Å². The summed E-state index contributed by atoms with van der Waals surface area (Å²) in [6.45, 7) is 3.72. The highest BCUT2D eigenvalue weighted by Gasteiger charge is 2.47. The standard InChI is InChI=1S/C18H18ClNO3S/c1-12-3-9-16(10-4-12)24(22,23)20-13(2)11-17(20)18(21)14-5-7-15(19)8-6-14/h3-10,13,17H,11H2,1-2H3/t13-,17-/m0/s1. The number of nitrogens with zero attached hydrogens (tertiary/aromatic N) is 1. The minimum Gasteiger partial charge on any atom is -0.292 e. The van der Waals surface area contributed by atoms with Gasteiger partial charge in [-0.25, -0.2) is 8.42 Å². The van der Waals surface area contributed by atoms with Crippen molar-refractivity contribution in [3.8, 4) is 0 Å². The van der Waals surface area contributed by atoms with Crippen LogP contribution in [0.5, 0.6) is 0 Å². The first-order chi connectivity index (χ1) is 11.3. The number of carbonyl (C=O) groups is 1. The van der Waals surface area contributed by atoms with Gasteiger partial charge in [0.2, 0.25) is 10.0 Å². The van der Waals surface area contributed by atoms with Crippen LogP contribution in [0.1, 0.15) is 29.3 Å². The molecule has 0 spiro atoms. The van der Waals surface area contributed by atoms with Gasteiger partial charge in [0, 0.05) is 16.6 Å². The molecule has 1 fully saturated rings. The highest BCUT2D eigenvalue weighted by atomic mass is 35.5. The molecule has 1 aliphatic rings. The minimum absolute atomic E-state index is 0.194. The van der Waals surface area contributed by atoms with Crippen LogP contribution < -0.4 is 0 Å². The van der Waals surface area contributed by atoms with E-state index in [0.717, 1.165) is 5.56 Å². The van der Waals surface area contributed by atoms with Gasteiger partial charge in [-0.1, -0.05) is 29.3 Å². The fourth-order valence-corrected chi connectivity index (χ4v) is 4.89. The topological polar surface area (TPSA) is 54.5 Å². The maximum Gasteiger partial charge on any atom is 0.243 e. The smallest absolute Gasteiger partial charge is 0.243 e. The summed E-state index contributed by atoms with van der Waals surface area (Å²) in [6.07, 6.45) is 0.520. The highest BCUT2D eigenvalue weighted by Crippen LogP contribution is 2.34. The number of hydrogen-bond acceptors (Lipinski definition) is 3. The summed E-state index contributed by atoms with van der Waals surface area (Å²) in [5, 5.41) is 0.540. The van der Waals surface area contributed by atoms with Gasteiger partial charge in [0.05, 0.1) is 10.9 Å². The Morgan fingerprint density at radius 2 is 1.67 bits per heavy atom. The zero-order valence-corrected chi connectivity index (χ0v) is 15.0. The van der Waals surface area contributed by atoms with Crippen LogP contribution in [-0.4, -0.2) is 30.6 Å². The first-order valence-corrected chi connectivity index (χ1v) is 9.52. The lowest BCUT2D eigenvalue weighted by Gasteiger charge is -2.44. The fraction of sp³-hybridized carbons (Fsp3) is 0.278. The average Bonchev–Trinajstić information content (AvgIpc) is 2.52. The second-order valence-electron chi connectivity index (χ2n) is 6.12. The van der Waals surface area contributed by atoms with E-state index in [2.05, 4.69) is 0 Å². The molecule has 0 aromatic heterocycles. The lowest BCUT2D eigenvalue weighted by atomic mass is 9.91. The van der Waals surface area contributed by atoms with Crippen molar-refractivity contribution in [3.63, 3.8) is 0 Å². The summed E-state index contributed by atoms with van der Waals surface area (Å²) in [4.78, 5) is 12.9. The second-order valence-corrected chi connectivity index (χ2v) is 8.40. The number of Topliss-reactive ketones (excluding diaryl/α,β-unsaturated/α-hetero) is 1. The van der Waals surface area contributed by atoms with E-state index in [1.165, 1.54) is 4.31 Å². The van der Waals surface area contributed by atoms with E-state index in [9.17, 15) is 13.2 Å². The van der Waals surface area contributed by atoms with Crippen molar-refractivity contribution in [2.24, 2.45) is 0 Å². The molecular weight excluding hydrogens is 346 g/mol. The number of halogens is 1. The number of sulfonamides is 1. The van der Waals surface area contributed by atoms with Crippen LogP contribution in [0, 0.1) is 6.92 Å². The third kappa shape index (κ3) is 2.99. The predicted octanol–water partition coefficient (Wildman–Crippen LogP) is 3.68. The number of hydrogen-bond donors (Lipinski definition) is 0. The van der Waals surface area contributed by atoms with Gasteiger partial charge in [-0.2, -0.15) is 4.31 Å². The Labute approximate surface area is 147 Å². The lowest BCUT2D eigenvalue weighted by Crippen LogP contribution is -2.60. The maximum atomic E-state index is 12.9. The third-order valence-corrected chi connectivity index (χ3v) is 6.62. The van der Waals surface area contributed by atoms with Gasteiger partial charge in [0.25, 0.3) is 0 Å². The molecule has 3 rings (SSSR count). The molecule has 24 heavy (non-hydrogen) atoms. The van der Waals surface area contributed by atoms with Crippen molar-refractivity contribution in [3.05, 3.63) is 64.7 Å². The molecule has 0 bridgehead atoms. The van der Waals surface area contributed by atoms with Crippen LogP contribution in [0.4, 0.5) is 0 Å². The number of aryl methyl sites for hydroxylation is 1. The molecule has 0 radical (unpaired) electrons. The molecule has 2 aromatic rings. The highest BCUT2D eigenvalue weighted by molar-refractivity contribution is 7.89. The van der Waals surface area contributed by atoms with Crippen molar-refractivity contribution in [2.75, 3.05) is 0 Å². The minimum atomic E-state index is -3.69. The molecule has 2 aromatic carbocycles. The molecule has 0 aliphatic carbocycles. The Kier molecular flexibility index (Phi) is 4.51. The maximum absolute atomic E-state index is 12.9. The van der Waals surface area contributed by atoms with E-state index in [1.807, 2.05) is 13.8 Å². The monoisotopic (exact) mass is 363 g/mol. The Morgan fingerprint density at radius 1 is 1.08 bits per heavy atom. The summed E-state index contributed by atoms with van der Waals surface area (Å²) in [5.74, 6) is -0.194. The quantitative estimate of drug-likeness (QED) is 0.778. The Morgan fingerprint density at radius 3 is 2.21 bits per heavy atom. The largest absolute Gasteiger partial charge is 0.292 e. The van der Waals surface area contributed by atoms with Crippen LogP contribution in [0.15, 0.2) is 53.4 Å². The van der Waals surface area contributed by atoms with Gasteiger partial charge < -0.3 is 0 Å². The zero-order chi connectivity index (χ0) is 17.5. The molecule has 6 heteroatoms. The van der Waals surface area contributed by atoms with E-state index in [0.29, 0.717) is 17.0 Å². The van der Waals surface area contributed by atoms with Crippen LogP contribution in [0.25, 0.3) is 0 Å². The number of benzene rings is 2. The molecule has 1 aliphatic heterocycles. The van der Waals surface area contributed by atoms with Gasteiger partial charge >= 0.3 is 0 Å². The molecule has 0 unspecified atom stereocenters. The Hall–Kier alpha value is -1.69. The summed E-state index contributed by atoms with van der Waals surface area (Å²) >= 11 is 5.84. The van der Waals surface area contributed by atoms with Gasteiger partial charge in [-0.05, 0) is 56.7 Å². The molecule has 0 N–H and O–H groups in total. The average molecular weight is 364 g/mol. The number of ketones is 1. The number of rotatable bonds is 4. The first kappa shape index (κ1) is 17.1. The lowest BCUT2D eigenvalue weighted by molar-refractivity contribution is 0.0674. The summed E-state index contributed by atoms with van der Waals surface area (Å²) in [7, 11) is -3.69. The zero-order valence-electron chi connectivity index (χ0n) is 13.4. The molecule has 1 saturated heterocycles. The van der Waals surface area contributed by atoms with Gasteiger partial charge in [0.1, 0.15) is 0 Å². The van der Waals surface area contributed by atoms with Crippen molar-refractivity contribution < 1.29 is 13.2 Å². The van der Waals surface area contributed by atoms with Crippen molar-refractivity contribution >= 4 is 27.4 Å². The van der Waals surface area contributed by atoms with Crippen molar-refractivity contribution in [1.82, 2.24) is 4.31 Å². The first-order valence-electron chi connectivity index (χ1n) is 7.70. The fourth-order valence-electron chi connectivity index (χ4n) is 2.97. The molecular formula is C18H18ClNO3S. The van der Waals surface area contributed by atoms with Crippen molar-refractivity contribution in [2.45, 2.75) is 37.2 Å². The van der Waals surface area contributed by atoms with Gasteiger partial charge in [-0.15, -0.1) is 0 Å². The molecule has 4 nitrogen and oxygen atoms in total. The van der Waals surface area contributed by atoms with E-state index in [1.54, 1.807) is 48.5 Å². The molecule has 0 saturated carbocycles. The molecule has 2 atom stereocenters. The molecule has 126 valence electrons. The number of carbonyl (C=O) groups excluding carboxylic acids is 1. The van der Waals surface area contributed by atoms with E-state index in [-0.39, 0.29) is 16.7 Å². The van der Waals surface area contributed by atoms with Crippen LogP contribution >= 0.6 is 11.6 Å². The predicted molar refractivity (Wildman–Crippen MR) is 93.9 cm³/mol. The normalized spacial score (nSPS) is 21.3. The van der Waals surface area contributed by atoms with E-state index < -0.39 is 16.1 Å². The Balaban J connectivity index is 1.90. The van der Waals surface area contributed by atoms with Crippen LogP contribution in [-0.2, 0) is 10.0 Å². The third-order valence-electron chi connectivity index (χ3n) is 4.33. The van der Waals surface area contributed by atoms with Gasteiger partial charge in [-0.3, -0.25) is 4.79 Å². The summed E-state index contributed by atoms with van der Waals surface area (Å²) in [5.41, 5.74) is 1.46. The van der Waals surface area contributed by atoms with E-state index >= 15 is 0 Å². The molecule has 0 amide bonds. The molecule has 1 heterocycles. The summed E-state index contributed by atoms with van der Waals surface area (Å²) < 4.78 is 27.1. The second kappa shape index (κ2) is 6.31. The van der Waals surface area contributed by atoms with Gasteiger partial charge in [0.15, 0.2) is 5.78 Å². The van der Waals surface area contributed by atoms with E-state index in [4.69, 9.17) is 11.6 Å². The summed E-state index contributed by atoms with van der Waals surface area (Å²) in [6, 6.07) is 12.4. The Bertz CT molecular complexity index is 860. The van der Waals surface area contributed by atoms with Crippen LogP contribution in [0.2, 0.25) is 5.02 Å². The SMILES string of the molecule is Cc1ccc(S(=O)(=O)N2[C@@H](C)C[C@H]2C(=O)c2ccc(Cl)cc2)cc1. The van der Waals surface area contributed by atoms with Crippen molar-refractivity contribution in [1.29, 1.82) is 0 Å².